The number of rotatable bonds is 3. The fraction of sp³-hybridized carbons (Fsp3) is 0.385. The van der Waals surface area contributed by atoms with Crippen molar-refractivity contribution in [1.82, 2.24) is 8.83 Å². The maximum atomic E-state index is 6.28. The zero-order valence-corrected chi connectivity index (χ0v) is 12.3. The van der Waals surface area contributed by atoms with Gasteiger partial charge in [-0.1, -0.05) is 55.8 Å². The molecule has 0 aromatic heterocycles. The highest BCUT2D eigenvalue weighted by Crippen LogP contribution is 2.38. The van der Waals surface area contributed by atoms with Gasteiger partial charge in [0.15, 0.2) is 0 Å². The van der Waals surface area contributed by atoms with Crippen molar-refractivity contribution in [3.8, 4) is 0 Å². The van der Waals surface area contributed by atoms with Gasteiger partial charge in [-0.25, -0.2) is 0 Å². The first-order chi connectivity index (χ1) is 8.09. The van der Waals surface area contributed by atoms with Crippen LogP contribution in [0.15, 0.2) is 41.7 Å². The van der Waals surface area contributed by atoms with E-state index in [9.17, 15) is 0 Å². The van der Waals surface area contributed by atoms with Crippen LogP contribution in [0.4, 0.5) is 0 Å². The van der Waals surface area contributed by atoms with E-state index in [2.05, 4.69) is 59.2 Å². The highest BCUT2D eigenvalue weighted by Gasteiger charge is 2.31. The van der Waals surface area contributed by atoms with Crippen LogP contribution in [0.5, 0.6) is 0 Å². The van der Waals surface area contributed by atoms with Crippen LogP contribution in [0.25, 0.3) is 0 Å². The van der Waals surface area contributed by atoms with Gasteiger partial charge in [0.1, 0.15) is 11.3 Å². The average molecular weight is 316 g/mol. The molecule has 0 bridgehead atoms. The summed E-state index contributed by atoms with van der Waals surface area (Å²) in [4.78, 5) is 2.20. The smallest absolute Gasteiger partial charge is 0.138 e. The summed E-state index contributed by atoms with van der Waals surface area (Å²) >= 11 is 9.82. The maximum Gasteiger partial charge on any atom is 0.138 e. The molecule has 1 aromatic rings. The lowest BCUT2D eigenvalue weighted by Crippen LogP contribution is -2.30. The lowest BCUT2D eigenvalue weighted by molar-refractivity contribution is 0.207. The largest absolute Gasteiger partial charge is 0.336 e. The molecule has 1 aromatic carbocycles. The first kappa shape index (κ1) is 12.8. The summed E-state index contributed by atoms with van der Waals surface area (Å²) in [5.41, 5.74) is 1.23. The molecule has 1 aliphatic heterocycles. The first-order valence-electron chi connectivity index (χ1n) is 5.72. The molecular formula is C13H16BrClN2. The topological polar surface area (TPSA) is 6.48 Å². The second kappa shape index (κ2) is 5.32. The molecule has 1 atom stereocenters. The van der Waals surface area contributed by atoms with E-state index in [1.807, 2.05) is 16.2 Å². The van der Waals surface area contributed by atoms with E-state index in [0.29, 0.717) is 5.92 Å². The number of hydrogen-bond acceptors (Lipinski definition) is 2. The normalized spacial score (nSPS) is 20.1. The molecule has 17 heavy (non-hydrogen) atoms. The van der Waals surface area contributed by atoms with Gasteiger partial charge in [0.05, 0.1) is 16.1 Å². The molecule has 0 fully saturated rings. The van der Waals surface area contributed by atoms with Crippen LogP contribution in [-0.2, 0) is 0 Å². The van der Waals surface area contributed by atoms with E-state index < -0.39 is 0 Å². The van der Waals surface area contributed by atoms with Crippen LogP contribution in [0.1, 0.15) is 25.6 Å². The summed E-state index contributed by atoms with van der Waals surface area (Å²) in [5.74, 6) is 0.572. The minimum absolute atomic E-state index is 0.145. The second-order valence-corrected chi connectivity index (χ2v) is 5.83. The minimum Gasteiger partial charge on any atom is -0.336 e. The van der Waals surface area contributed by atoms with Crippen molar-refractivity contribution in [2.75, 3.05) is 6.54 Å². The van der Waals surface area contributed by atoms with Crippen molar-refractivity contribution in [3.63, 3.8) is 0 Å². The number of benzene rings is 1. The molecule has 0 saturated carbocycles. The predicted octanol–water partition coefficient (Wildman–Crippen LogP) is 4.31. The van der Waals surface area contributed by atoms with Gasteiger partial charge < -0.3 is 4.90 Å². The lowest BCUT2D eigenvalue weighted by atomic mass is 10.1. The van der Waals surface area contributed by atoms with E-state index in [-0.39, 0.29) is 6.17 Å². The van der Waals surface area contributed by atoms with Crippen molar-refractivity contribution in [2.45, 2.75) is 20.0 Å². The Morgan fingerprint density at radius 2 is 1.94 bits per heavy atom. The maximum absolute atomic E-state index is 6.28. The number of nitrogens with zero attached hydrogens (tertiary/aromatic N) is 2. The molecule has 2 nitrogen and oxygen atoms in total. The Balaban J connectivity index is 2.26. The van der Waals surface area contributed by atoms with E-state index in [0.717, 1.165) is 11.7 Å². The Labute approximate surface area is 116 Å². The van der Waals surface area contributed by atoms with Crippen LogP contribution >= 0.6 is 27.7 Å². The summed E-state index contributed by atoms with van der Waals surface area (Å²) in [6, 6.07) is 10.4. The van der Waals surface area contributed by atoms with Crippen molar-refractivity contribution in [3.05, 3.63) is 47.3 Å². The van der Waals surface area contributed by atoms with E-state index >= 15 is 0 Å². The summed E-state index contributed by atoms with van der Waals surface area (Å²) in [5, 5.41) is 0.782. The first-order valence-corrected chi connectivity index (χ1v) is 6.81. The third-order valence-electron chi connectivity index (χ3n) is 2.69. The van der Waals surface area contributed by atoms with Gasteiger partial charge in [-0.3, -0.25) is 3.93 Å². The Kier molecular flexibility index (Phi) is 4.00. The Hall–Kier alpha value is -0.670. The van der Waals surface area contributed by atoms with Crippen LogP contribution in [0.3, 0.4) is 0 Å². The average Bonchev–Trinajstić information content (AvgIpc) is 2.54. The molecule has 0 amide bonds. The van der Waals surface area contributed by atoms with Gasteiger partial charge in [0.25, 0.3) is 0 Å². The molecule has 1 unspecified atom stereocenters. The zero-order chi connectivity index (χ0) is 12.4. The fourth-order valence-corrected chi connectivity index (χ4v) is 3.06. The Bertz CT molecular complexity index is 405. The highest BCUT2D eigenvalue weighted by molar-refractivity contribution is 9.07. The van der Waals surface area contributed by atoms with Crippen molar-refractivity contribution in [2.24, 2.45) is 5.92 Å². The Morgan fingerprint density at radius 3 is 2.53 bits per heavy atom. The number of hydrogen-bond donors (Lipinski definition) is 0. The monoisotopic (exact) mass is 314 g/mol. The lowest BCUT2D eigenvalue weighted by Gasteiger charge is -2.31. The van der Waals surface area contributed by atoms with Crippen LogP contribution in [0, 0.1) is 5.92 Å². The van der Waals surface area contributed by atoms with E-state index in [4.69, 9.17) is 11.6 Å². The molecule has 0 saturated heterocycles. The molecule has 4 heteroatoms. The third kappa shape index (κ3) is 2.78. The summed E-state index contributed by atoms with van der Waals surface area (Å²) in [6.45, 7) is 5.34. The van der Waals surface area contributed by atoms with E-state index in [1.54, 1.807) is 0 Å². The summed E-state index contributed by atoms with van der Waals surface area (Å²) < 4.78 is 1.98. The van der Waals surface area contributed by atoms with Crippen LogP contribution < -0.4 is 0 Å². The SMILES string of the molecule is CC(C)CN1C(Cl)=CN(Br)C1c1ccccc1. The molecule has 1 aliphatic rings. The molecule has 0 aliphatic carbocycles. The van der Waals surface area contributed by atoms with E-state index in [1.165, 1.54) is 5.56 Å². The van der Waals surface area contributed by atoms with Crippen LogP contribution in [-0.4, -0.2) is 15.4 Å². The van der Waals surface area contributed by atoms with Gasteiger partial charge in [0, 0.05) is 12.7 Å². The summed E-state index contributed by atoms with van der Waals surface area (Å²) in [6.07, 6.45) is 2.06. The Morgan fingerprint density at radius 1 is 1.29 bits per heavy atom. The molecular weight excluding hydrogens is 300 g/mol. The molecule has 1 heterocycles. The summed E-state index contributed by atoms with van der Waals surface area (Å²) in [7, 11) is 0. The van der Waals surface area contributed by atoms with Gasteiger partial charge in [-0.05, 0) is 11.5 Å². The highest BCUT2D eigenvalue weighted by atomic mass is 79.9. The van der Waals surface area contributed by atoms with Gasteiger partial charge in [-0.15, -0.1) is 0 Å². The van der Waals surface area contributed by atoms with Gasteiger partial charge >= 0.3 is 0 Å². The van der Waals surface area contributed by atoms with Gasteiger partial charge in [0.2, 0.25) is 0 Å². The third-order valence-corrected chi connectivity index (χ3v) is 3.60. The number of halogens is 2. The van der Waals surface area contributed by atoms with Crippen molar-refractivity contribution >= 4 is 27.7 Å². The molecule has 0 spiro atoms. The van der Waals surface area contributed by atoms with Crippen LogP contribution in [0.2, 0.25) is 0 Å². The molecule has 0 N–H and O–H groups in total. The van der Waals surface area contributed by atoms with Gasteiger partial charge in [-0.2, -0.15) is 0 Å². The fourth-order valence-electron chi connectivity index (χ4n) is 2.02. The predicted molar refractivity (Wildman–Crippen MR) is 75.4 cm³/mol. The molecule has 0 radical (unpaired) electrons. The molecule has 92 valence electrons. The quantitative estimate of drug-likeness (QED) is 0.606. The van der Waals surface area contributed by atoms with Crippen molar-refractivity contribution < 1.29 is 0 Å². The molecule has 2 rings (SSSR count). The second-order valence-electron chi connectivity index (χ2n) is 4.63. The van der Waals surface area contributed by atoms with Crippen molar-refractivity contribution in [1.29, 1.82) is 0 Å². The zero-order valence-electron chi connectivity index (χ0n) is 9.98. The minimum atomic E-state index is 0.145. The standard InChI is InChI=1S/C13H16BrClN2/c1-10(2)8-16-12(15)9-17(14)13(16)11-6-4-3-5-7-11/h3-7,9-10,13H,8H2,1-2H3.